The van der Waals surface area contributed by atoms with Gasteiger partial charge in [-0.1, -0.05) is 17.4 Å². The molecule has 3 heterocycles. The van der Waals surface area contributed by atoms with Crippen LogP contribution in [0.15, 0.2) is 30.5 Å². The number of rotatable bonds is 5. The van der Waals surface area contributed by atoms with Gasteiger partial charge in [0.1, 0.15) is 5.69 Å². The molecule has 9 heteroatoms. The van der Waals surface area contributed by atoms with Gasteiger partial charge in [-0.2, -0.15) is 5.10 Å². The molecule has 1 fully saturated rings. The molecule has 3 aromatic rings. The molecule has 4 rings (SSSR count). The van der Waals surface area contributed by atoms with E-state index in [-0.39, 0.29) is 18.3 Å². The summed E-state index contributed by atoms with van der Waals surface area (Å²) >= 11 is 1.56. The molecule has 0 atom stereocenters. The highest BCUT2D eigenvalue weighted by Gasteiger charge is 2.24. The van der Waals surface area contributed by atoms with Gasteiger partial charge < -0.3 is 4.74 Å². The molecule has 0 N–H and O–H groups in total. The summed E-state index contributed by atoms with van der Waals surface area (Å²) in [5.74, 6) is -0.0703. The minimum atomic E-state index is -0.0703. The van der Waals surface area contributed by atoms with Crippen LogP contribution < -0.4 is 4.90 Å². The van der Waals surface area contributed by atoms with Crippen LogP contribution in [-0.2, 0) is 11.8 Å². The van der Waals surface area contributed by atoms with E-state index in [2.05, 4.69) is 23.0 Å². The SMILES string of the molecule is Cc1ccc2nc(N(CCN3CCOCC3)C(=O)c3ccnn3C)sc2c1.Cl. The van der Waals surface area contributed by atoms with E-state index in [0.717, 1.165) is 48.2 Å². The summed E-state index contributed by atoms with van der Waals surface area (Å²) in [5, 5.41) is 4.87. The maximum Gasteiger partial charge on any atom is 0.278 e. The predicted molar refractivity (Wildman–Crippen MR) is 114 cm³/mol. The molecule has 0 unspecified atom stereocenters. The van der Waals surface area contributed by atoms with Crippen molar-refractivity contribution in [2.45, 2.75) is 6.92 Å². The number of aromatic nitrogens is 3. The average Bonchev–Trinajstić information content (AvgIpc) is 3.28. The number of ether oxygens (including phenoxy) is 1. The van der Waals surface area contributed by atoms with Gasteiger partial charge in [0.05, 0.1) is 23.4 Å². The van der Waals surface area contributed by atoms with Gasteiger partial charge in [0.25, 0.3) is 5.91 Å². The standard InChI is InChI=1S/C19H23N5O2S.ClH/c1-14-3-4-15-17(13-14)27-19(21-15)24(8-7-23-9-11-26-12-10-23)18(25)16-5-6-20-22(16)2;/h3-6,13H,7-12H2,1-2H3;1H. The van der Waals surface area contributed by atoms with Crippen LogP contribution in [0, 0.1) is 6.92 Å². The van der Waals surface area contributed by atoms with E-state index in [4.69, 9.17) is 9.72 Å². The number of anilines is 1. The van der Waals surface area contributed by atoms with E-state index in [9.17, 15) is 4.79 Å². The summed E-state index contributed by atoms with van der Waals surface area (Å²) in [4.78, 5) is 22.1. The highest BCUT2D eigenvalue weighted by Crippen LogP contribution is 2.30. The van der Waals surface area contributed by atoms with E-state index < -0.39 is 0 Å². The zero-order chi connectivity index (χ0) is 18.8. The van der Waals surface area contributed by atoms with Crippen LogP contribution in [0.1, 0.15) is 16.1 Å². The summed E-state index contributed by atoms with van der Waals surface area (Å²) in [7, 11) is 1.79. The Morgan fingerprint density at radius 3 is 2.79 bits per heavy atom. The van der Waals surface area contributed by atoms with Crippen molar-refractivity contribution >= 4 is 45.0 Å². The molecular formula is C19H24ClN5O2S. The second-order valence-corrected chi connectivity index (χ2v) is 7.73. The number of carbonyl (C=O) groups is 1. The fourth-order valence-electron chi connectivity index (χ4n) is 3.21. The van der Waals surface area contributed by atoms with Gasteiger partial charge in [-0.05, 0) is 30.7 Å². The first-order valence-electron chi connectivity index (χ1n) is 9.09. The molecule has 1 aliphatic heterocycles. The lowest BCUT2D eigenvalue weighted by molar-refractivity contribution is 0.0391. The van der Waals surface area contributed by atoms with E-state index in [0.29, 0.717) is 12.2 Å². The van der Waals surface area contributed by atoms with E-state index >= 15 is 0 Å². The maximum absolute atomic E-state index is 13.2. The normalized spacial score (nSPS) is 14.8. The molecule has 2 aromatic heterocycles. The second kappa shape index (κ2) is 9.00. The molecule has 0 aliphatic carbocycles. The number of hydrogen-bond donors (Lipinski definition) is 0. The Morgan fingerprint density at radius 2 is 2.07 bits per heavy atom. The van der Waals surface area contributed by atoms with Crippen LogP contribution in [-0.4, -0.2) is 65.0 Å². The van der Waals surface area contributed by atoms with E-state index in [1.807, 2.05) is 12.1 Å². The van der Waals surface area contributed by atoms with Crippen molar-refractivity contribution < 1.29 is 9.53 Å². The Kier molecular flexibility index (Phi) is 6.66. The molecule has 28 heavy (non-hydrogen) atoms. The predicted octanol–water partition coefficient (Wildman–Crippen LogP) is 2.74. The number of amides is 1. The van der Waals surface area contributed by atoms with Crippen LogP contribution in [0.4, 0.5) is 5.13 Å². The van der Waals surface area contributed by atoms with Crippen molar-refractivity contribution in [3.8, 4) is 0 Å². The lowest BCUT2D eigenvalue weighted by atomic mass is 10.2. The minimum absolute atomic E-state index is 0. The van der Waals surface area contributed by atoms with Crippen molar-refractivity contribution in [3.05, 3.63) is 41.7 Å². The molecule has 1 amide bonds. The lowest BCUT2D eigenvalue weighted by Crippen LogP contribution is -2.43. The van der Waals surface area contributed by atoms with Crippen LogP contribution in [0.25, 0.3) is 10.2 Å². The van der Waals surface area contributed by atoms with Crippen LogP contribution in [0.3, 0.4) is 0 Å². The smallest absolute Gasteiger partial charge is 0.278 e. The number of fused-ring (bicyclic) bond motifs is 1. The third-order valence-corrected chi connectivity index (χ3v) is 5.83. The molecule has 0 bridgehead atoms. The molecule has 150 valence electrons. The lowest BCUT2D eigenvalue weighted by Gasteiger charge is -2.29. The Morgan fingerprint density at radius 1 is 1.29 bits per heavy atom. The molecule has 1 aliphatic rings. The Balaban J connectivity index is 0.00000225. The molecule has 1 saturated heterocycles. The fourth-order valence-corrected chi connectivity index (χ4v) is 4.30. The van der Waals surface area contributed by atoms with Crippen LogP contribution >= 0.6 is 23.7 Å². The quantitative estimate of drug-likeness (QED) is 0.633. The largest absolute Gasteiger partial charge is 0.379 e. The summed E-state index contributed by atoms with van der Waals surface area (Å²) in [6, 6.07) is 7.93. The topological polar surface area (TPSA) is 63.5 Å². The third kappa shape index (κ3) is 4.35. The second-order valence-electron chi connectivity index (χ2n) is 6.72. The van der Waals surface area contributed by atoms with Gasteiger partial charge in [0.15, 0.2) is 5.13 Å². The Bertz CT molecular complexity index is 951. The Labute approximate surface area is 174 Å². The third-order valence-electron chi connectivity index (χ3n) is 4.79. The number of morpholine rings is 1. The van der Waals surface area contributed by atoms with Gasteiger partial charge in [-0.3, -0.25) is 19.3 Å². The zero-order valence-electron chi connectivity index (χ0n) is 16.0. The number of thiazole rings is 1. The van der Waals surface area contributed by atoms with Crippen molar-refractivity contribution in [2.24, 2.45) is 7.05 Å². The van der Waals surface area contributed by atoms with Crippen LogP contribution in [0.5, 0.6) is 0 Å². The van der Waals surface area contributed by atoms with E-state index in [1.165, 1.54) is 5.56 Å². The molecule has 0 radical (unpaired) electrons. The monoisotopic (exact) mass is 421 g/mol. The molecule has 1 aromatic carbocycles. The highest BCUT2D eigenvalue weighted by molar-refractivity contribution is 7.22. The number of benzene rings is 1. The van der Waals surface area contributed by atoms with Gasteiger partial charge in [0.2, 0.25) is 0 Å². The maximum atomic E-state index is 13.2. The van der Waals surface area contributed by atoms with Gasteiger partial charge >= 0.3 is 0 Å². The summed E-state index contributed by atoms with van der Waals surface area (Å²) in [5.41, 5.74) is 2.68. The number of aryl methyl sites for hydroxylation is 2. The fraction of sp³-hybridized carbons (Fsp3) is 0.421. The van der Waals surface area contributed by atoms with Crippen molar-refractivity contribution in [1.82, 2.24) is 19.7 Å². The average molecular weight is 422 g/mol. The first-order valence-corrected chi connectivity index (χ1v) is 9.90. The first kappa shape index (κ1) is 20.7. The minimum Gasteiger partial charge on any atom is -0.379 e. The molecule has 0 saturated carbocycles. The summed E-state index contributed by atoms with van der Waals surface area (Å²) in [6.07, 6.45) is 1.65. The van der Waals surface area contributed by atoms with Crippen molar-refractivity contribution in [2.75, 3.05) is 44.3 Å². The van der Waals surface area contributed by atoms with Crippen molar-refractivity contribution in [3.63, 3.8) is 0 Å². The zero-order valence-corrected chi connectivity index (χ0v) is 17.6. The molecular weight excluding hydrogens is 398 g/mol. The number of halogens is 1. The molecule has 0 spiro atoms. The number of hydrogen-bond acceptors (Lipinski definition) is 6. The summed E-state index contributed by atoms with van der Waals surface area (Å²) in [6.45, 7) is 6.73. The van der Waals surface area contributed by atoms with Crippen molar-refractivity contribution in [1.29, 1.82) is 0 Å². The van der Waals surface area contributed by atoms with Gasteiger partial charge in [-0.15, -0.1) is 12.4 Å². The summed E-state index contributed by atoms with van der Waals surface area (Å²) < 4.78 is 8.13. The van der Waals surface area contributed by atoms with E-state index in [1.54, 1.807) is 40.2 Å². The van der Waals surface area contributed by atoms with Gasteiger partial charge in [-0.25, -0.2) is 4.98 Å². The molecule has 7 nitrogen and oxygen atoms in total. The number of nitrogens with zero attached hydrogens (tertiary/aromatic N) is 5. The number of carbonyl (C=O) groups excluding carboxylic acids is 1. The Hall–Kier alpha value is -2.00. The van der Waals surface area contributed by atoms with Gasteiger partial charge in [0, 0.05) is 39.4 Å². The van der Waals surface area contributed by atoms with Crippen LogP contribution in [0.2, 0.25) is 0 Å². The highest BCUT2D eigenvalue weighted by atomic mass is 35.5. The first-order chi connectivity index (χ1) is 13.1.